The van der Waals surface area contributed by atoms with E-state index in [0.717, 1.165) is 11.1 Å². The maximum atomic E-state index is 12.0. The summed E-state index contributed by atoms with van der Waals surface area (Å²) in [7, 11) is 0. The Kier molecular flexibility index (Phi) is 4.41. The van der Waals surface area contributed by atoms with Crippen LogP contribution in [-0.2, 0) is 0 Å². The fourth-order valence-electron chi connectivity index (χ4n) is 1.67. The summed E-state index contributed by atoms with van der Waals surface area (Å²) in [5.41, 5.74) is 2.33. The van der Waals surface area contributed by atoms with E-state index in [1.165, 1.54) is 6.08 Å². The molecule has 2 aromatic rings. The smallest absolute Gasteiger partial charge is 0.185 e. The van der Waals surface area contributed by atoms with Crippen LogP contribution in [0.25, 0.3) is 6.08 Å². The minimum Gasteiger partial charge on any atom is -0.289 e. The molecule has 2 aromatic carbocycles. The number of hydrogen-bond acceptors (Lipinski definition) is 1. The van der Waals surface area contributed by atoms with E-state index in [-0.39, 0.29) is 5.78 Å². The molecule has 0 unspecified atom stereocenters. The largest absolute Gasteiger partial charge is 0.289 e. The van der Waals surface area contributed by atoms with Crippen molar-refractivity contribution in [2.75, 3.05) is 0 Å². The Morgan fingerprint density at radius 1 is 1.05 bits per heavy atom. The van der Waals surface area contributed by atoms with Crippen LogP contribution in [0.4, 0.5) is 0 Å². The first kappa shape index (κ1) is 13.9. The third kappa shape index (κ3) is 3.46. The van der Waals surface area contributed by atoms with Crippen LogP contribution < -0.4 is 0 Å². The molecule has 0 spiro atoms. The minimum absolute atomic E-state index is 0.0697. The molecule has 0 saturated heterocycles. The van der Waals surface area contributed by atoms with Gasteiger partial charge in [0.05, 0.1) is 0 Å². The number of hydrogen-bond donors (Lipinski definition) is 0. The first-order valence-corrected chi connectivity index (χ1v) is 6.56. The van der Waals surface area contributed by atoms with Gasteiger partial charge >= 0.3 is 0 Å². The zero-order valence-corrected chi connectivity index (χ0v) is 11.9. The van der Waals surface area contributed by atoms with E-state index in [4.69, 9.17) is 23.2 Å². The van der Waals surface area contributed by atoms with Gasteiger partial charge in [-0.05, 0) is 54.5 Å². The molecule has 0 bridgehead atoms. The number of ketones is 1. The van der Waals surface area contributed by atoms with Crippen molar-refractivity contribution >= 4 is 35.1 Å². The highest BCUT2D eigenvalue weighted by Crippen LogP contribution is 2.19. The standard InChI is InChI=1S/C16H12Cl2O/c1-11-10-13(6-8-14(11)17)16(19)9-7-12-4-2-3-5-15(12)18/h2-10H,1H3. The van der Waals surface area contributed by atoms with Crippen LogP contribution in [0, 0.1) is 6.92 Å². The van der Waals surface area contributed by atoms with E-state index < -0.39 is 0 Å². The third-order valence-electron chi connectivity index (χ3n) is 2.76. The molecule has 0 aromatic heterocycles. The van der Waals surface area contributed by atoms with Gasteiger partial charge < -0.3 is 0 Å². The number of aryl methyl sites for hydroxylation is 1. The average Bonchev–Trinajstić information content (AvgIpc) is 2.40. The molecule has 0 atom stereocenters. The van der Waals surface area contributed by atoms with Crippen molar-refractivity contribution in [1.29, 1.82) is 0 Å². The van der Waals surface area contributed by atoms with Crippen LogP contribution in [-0.4, -0.2) is 5.78 Å². The highest BCUT2D eigenvalue weighted by molar-refractivity contribution is 6.32. The van der Waals surface area contributed by atoms with Crippen LogP contribution in [0.5, 0.6) is 0 Å². The van der Waals surface area contributed by atoms with Gasteiger partial charge in [0.25, 0.3) is 0 Å². The monoisotopic (exact) mass is 290 g/mol. The zero-order chi connectivity index (χ0) is 13.8. The molecule has 0 amide bonds. The normalized spacial score (nSPS) is 10.9. The Balaban J connectivity index is 2.21. The Bertz CT molecular complexity index is 645. The summed E-state index contributed by atoms with van der Waals surface area (Å²) in [6.45, 7) is 1.87. The number of carbonyl (C=O) groups excluding carboxylic acids is 1. The number of benzene rings is 2. The summed E-state index contributed by atoms with van der Waals surface area (Å²) < 4.78 is 0. The highest BCUT2D eigenvalue weighted by Gasteiger charge is 2.04. The second kappa shape index (κ2) is 6.05. The van der Waals surface area contributed by atoms with Crippen molar-refractivity contribution in [3.8, 4) is 0 Å². The first-order chi connectivity index (χ1) is 9.08. The molecule has 0 saturated carbocycles. The van der Waals surface area contributed by atoms with Crippen LogP contribution in [0.2, 0.25) is 10.0 Å². The van der Waals surface area contributed by atoms with Crippen LogP contribution >= 0.6 is 23.2 Å². The molecule has 2 rings (SSSR count). The lowest BCUT2D eigenvalue weighted by Gasteiger charge is -2.01. The second-order valence-electron chi connectivity index (χ2n) is 4.18. The molecule has 0 aliphatic carbocycles. The van der Waals surface area contributed by atoms with Gasteiger partial charge in [-0.3, -0.25) is 4.79 Å². The van der Waals surface area contributed by atoms with Gasteiger partial charge in [-0.25, -0.2) is 0 Å². The van der Waals surface area contributed by atoms with Crippen molar-refractivity contribution in [3.63, 3.8) is 0 Å². The lowest BCUT2D eigenvalue weighted by molar-refractivity contribution is 0.104. The van der Waals surface area contributed by atoms with Crippen LogP contribution in [0.3, 0.4) is 0 Å². The Morgan fingerprint density at radius 3 is 2.47 bits per heavy atom. The summed E-state index contributed by atoms with van der Waals surface area (Å²) in [5, 5.41) is 1.28. The van der Waals surface area contributed by atoms with Crippen LogP contribution in [0.15, 0.2) is 48.5 Å². The Labute approximate surface area is 122 Å². The number of carbonyl (C=O) groups is 1. The summed E-state index contributed by atoms with van der Waals surface area (Å²) in [6.07, 6.45) is 3.23. The van der Waals surface area contributed by atoms with Gasteiger partial charge in [-0.1, -0.05) is 41.4 Å². The Morgan fingerprint density at radius 2 is 1.79 bits per heavy atom. The number of allylic oxidation sites excluding steroid dienone is 1. The topological polar surface area (TPSA) is 17.1 Å². The third-order valence-corrected chi connectivity index (χ3v) is 3.53. The quantitative estimate of drug-likeness (QED) is 0.561. The number of halogens is 2. The van der Waals surface area contributed by atoms with E-state index in [1.807, 2.05) is 25.1 Å². The highest BCUT2D eigenvalue weighted by atomic mass is 35.5. The molecular weight excluding hydrogens is 279 g/mol. The lowest BCUT2D eigenvalue weighted by Crippen LogP contribution is -1.94. The van der Waals surface area contributed by atoms with Gasteiger partial charge in [0.2, 0.25) is 0 Å². The molecule has 1 nitrogen and oxygen atoms in total. The fraction of sp³-hybridized carbons (Fsp3) is 0.0625. The maximum absolute atomic E-state index is 12.0. The number of rotatable bonds is 3. The van der Waals surface area contributed by atoms with Crippen molar-refractivity contribution in [2.24, 2.45) is 0 Å². The predicted molar refractivity (Wildman–Crippen MR) is 81.0 cm³/mol. The molecule has 3 heteroatoms. The maximum Gasteiger partial charge on any atom is 0.185 e. The van der Waals surface area contributed by atoms with Gasteiger partial charge in [0, 0.05) is 15.6 Å². The average molecular weight is 291 g/mol. The predicted octanol–water partition coefficient (Wildman–Crippen LogP) is 5.20. The van der Waals surface area contributed by atoms with Crippen molar-refractivity contribution in [2.45, 2.75) is 6.92 Å². The van der Waals surface area contributed by atoms with Gasteiger partial charge in [0.15, 0.2) is 5.78 Å². The summed E-state index contributed by atoms with van der Waals surface area (Å²) in [5.74, 6) is -0.0697. The summed E-state index contributed by atoms with van der Waals surface area (Å²) in [6, 6.07) is 12.6. The second-order valence-corrected chi connectivity index (χ2v) is 5.00. The van der Waals surface area contributed by atoms with E-state index in [9.17, 15) is 4.79 Å². The molecule has 96 valence electrons. The molecule has 19 heavy (non-hydrogen) atoms. The molecule has 0 aliphatic heterocycles. The molecule has 0 fully saturated rings. The molecule has 0 N–H and O–H groups in total. The van der Waals surface area contributed by atoms with E-state index >= 15 is 0 Å². The van der Waals surface area contributed by atoms with Crippen molar-refractivity contribution < 1.29 is 4.79 Å². The summed E-state index contributed by atoms with van der Waals surface area (Å²) in [4.78, 5) is 12.0. The molecular formula is C16H12Cl2O. The van der Waals surface area contributed by atoms with Gasteiger partial charge in [-0.15, -0.1) is 0 Å². The first-order valence-electron chi connectivity index (χ1n) is 5.81. The zero-order valence-electron chi connectivity index (χ0n) is 10.4. The Hall–Kier alpha value is -1.57. The van der Waals surface area contributed by atoms with E-state index in [2.05, 4.69) is 0 Å². The molecule has 0 heterocycles. The molecule has 0 aliphatic rings. The van der Waals surface area contributed by atoms with Crippen molar-refractivity contribution in [3.05, 3.63) is 75.3 Å². The molecule has 0 radical (unpaired) electrons. The van der Waals surface area contributed by atoms with E-state index in [0.29, 0.717) is 15.6 Å². The lowest BCUT2D eigenvalue weighted by atomic mass is 10.1. The van der Waals surface area contributed by atoms with Crippen molar-refractivity contribution in [1.82, 2.24) is 0 Å². The minimum atomic E-state index is -0.0697. The van der Waals surface area contributed by atoms with E-state index in [1.54, 1.807) is 30.3 Å². The van der Waals surface area contributed by atoms with Crippen LogP contribution in [0.1, 0.15) is 21.5 Å². The SMILES string of the molecule is Cc1cc(C(=O)C=Cc2ccccc2Cl)ccc1Cl. The fourth-order valence-corrected chi connectivity index (χ4v) is 1.99. The summed E-state index contributed by atoms with van der Waals surface area (Å²) >= 11 is 12.0. The van der Waals surface area contributed by atoms with Gasteiger partial charge in [0.1, 0.15) is 0 Å². The van der Waals surface area contributed by atoms with Gasteiger partial charge in [-0.2, -0.15) is 0 Å².